The Bertz CT molecular complexity index is 614. The molecule has 1 aliphatic heterocycles. The molecule has 2 rings (SSSR count). The van der Waals surface area contributed by atoms with Gasteiger partial charge in [0.15, 0.2) is 0 Å². The summed E-state index contributed by atoms with van der Waals surface area (Å²) in [5.41, 5.74) is 0.517. The van der Waals surface area contributed by atoms with E-state index in [1.807, 2.05) is 0 Å². The highest BCUT2D eigenvalue weighted by molar-refractivity contribution is 7.89. The number of carboxylic acid groups (broad SMARTS) is 1. The predicted octanol–water partition coefficient (Wildman–Crippen LogP) is 1.89. The lowest BCUT2D eigenvalue weighted by atomic mass is 10.2. The first-order chi connectivity index (χ1) is 8.84. The summed E-state index contributed by atoms with van der Waals surface area (Å²) in [6, 6.07) is 3.50. The summed E-state index contributed by atoms with van der Waals surface area (Å²) < 4.78 is 26.1. The number of aliphatic carboxylic acids is 1. The van der Waals surface area contributed by atoms with Crippen molar-refractivity contribution in [2.24, 2.45) is 0 Å². The largest absolute Gasteiger partial charge is 0.480 e. The van der Waals surface area contributed by atoms with Crippen LogP contribution in [0.15, 0.2) is 23.1 Å². The summed E-state index contributed by atoms with van der Waals surface area (Å²) >= 11 is 5.80. The van der Waals surface area contributed by atoms with Crippen molar-refractivity contribution in [3.63, 3.8) is 0 Å². The Kier molecular flexibility index (Phi) is 3.85. The van der Waals surface area contributed by atoms with Crippen molar-refractivity contribution in [1.82, 2.24) is 4.31 Å². The molecule has 0 amide bonds. The van der Waals surface area contributed by atoms with Gasteiger partial charge in [0.2, 0.25) is 10.0 Å². The number of benzene rings is 1. The van der Waals surface area contributed by atoms with Crippen molar-refractivity contribution in [3.8, 4) is 0 Å². The van der Waals surface area contributed by atoms with Gasteiger partial charge in [0.25, 0.3) is 0 Å². The summed E-state index contributed by atoms with van der Waals surface area (Å²) in [5, 5.41) is 9.53. The highest BCUT2D eigenvalue weighted by Crippen LogP contribution is 2.29. The third-order valence-electron chi connectivity index (χ3n) is 3.21. The lowest BCUT2D eigenvalue weighted by Gasteiger charge is -2.22. The van der Waals surface area contributed by atoms with Crippen LogP contribution in [0.2, 0.25) is 5.02 Å². The van der Waals surface area contributed by atoms with E-state index >= 15 is 0 Å². The molecule has 1 unspecified atom stereocenters. The molecule has 1 fully saturated rings. The quantitative estimate of drug-likeness (QED) is 0.925. The number of nitrogens with zero attached hydrogens (tertiary/aromatic N) is 1. The van der Waals surface area contributed by atoms with E-state index in [0.717, 1.165) is 4.31 Å². The molecule has 1 aromatic carbocycles. The molecule has 0 radical (unpaired) electrons. The van der Waals surface area contributed by atoms with Crippen molar-refractivity contribution in [3.05, 3.63) is 28.8 Å². The van der Waals surface area contributed by atoms with Crippen LogP contribution in [0.4, 0.5) is 0 Å². The SMILES string of the molecule is Cc1cc(Cl)ccc1S(=O)(=O)N1CCCC1C(=O)O. The highest BCUT2D eigenvalue weighted by Gasteiger charge is 2.39. The summed E-state index contributed by atoms with van der Waals surface area (Å²) in [6.45, 7) is 1.88. The van der Waals surface area contributed by atoms with Crippen molar-refractivity contribution < 1.29 is 18.3 Å². The molecule has 1 atom stereocenters. The predicted molar refractivity (Wildman–Crippen MR) is 70.7 cm³/mol. The zero-order chi connectivity index (χ0) is 14.2. The second kappa shape index (κ2) is 5.11. The minimum Gasteiger partial charge on any atom is -0.480 e. The first-order valence-corrected chi connectivity index (χ1v) is 7.66. The number of aryl methyl sites for hydroxylation is 1. The van der Waals surface area contributed by atoms with Crippen LogP contribution in [-0.4, -0.2) is 36.4 Å². The number of sulfonamides is 1. The molecule has 104 valence electrons. The van der Waals surface area contributed by atoms with Crippen LogP contribution in [0.5, 0.6) is 0 Å². The van der Waals surface area contributed by atoms with Gasteiger partial charge in [0.1, 0.15) is 6.04 Å². The minimum absolute atomic E-state index is 0.116. The standard InChI is InChI=1S/C12H14ClNO4S/c1-8-7-9(13)4-5-11(8)19(17,18)14-6-2-3-10(14)12(15)16/h4-5,7,10H,2-3,6H2,1H3,(H,15,16). The van der Waals surface area contributed by atoms with Gasteiger partial charge in [0.05, 0.1) is 4.90 Å². The zero-order valence-corrected chi connectivity index (χ0v) is 11.9. The van der Waals surface area contributed by atoms with Crippen molar-refractivity contribution in [2.45, 2.75) is 30.7 Å². The number of carboxylic acids is 1. The van der Waals surface area contributed by atoms with Gasteiger partial charge >= 0.3 is 5.97 Å². The average Bonchev–Trinajstić information content (AvgIpc) is 2.77. The van der Waals surface area contributed by atoms with E-state index in [2.05, 4.69) is 0 Å². The Labute approximate surface area is 116 Å². The molecule has 0 aromatic heterocycles. The molecular formula is C12H14ClNO4S. The van der Waals surface area contributed by atoms with Crippen LogP contribution >= 0.6 is 11.6 Å². The molecule has 0 bridgehead atoms. The first-order valence-electron chi connectivity index (χ1n) is 5.85. The second-order valence-electron chi connectivity index (χ2n) is 4.52. The lowest BCUT2D eigenvalue weighted by molar-refractivity contribution is -0.140. The van der Waals surface area contributed by atoms with E-state index in [4.69, 9.17) is 16.7 Å². The molecule has 0 aliphatic carbocycles. The normalized spacial score (nSPS) is 20.6. The van der Waals surface area contributed by atoms with Gasteiger partial charge in [-0.1, -0.05) is 11.6 Å². The Hall–Kier alpha value is -1.11. The molecule has 19 heavy (non-hydrogen) atoms. The van der Waals surface area contributed by atoms with Crippen LogP contribution in [0, 0.1) is 6.92 Å². The third-order valence-corrected chi connectivity index (χ3v) is 5.52. The third kappa shape index (κ3) is 2.61. The van der Waals surface area contributed by atoms with E-state index < -0.39 is 22.0 Å². The molecule has 1 N–H and O–H groups in total. The number of halogens is 1. The summed E-state index contributed by atoms with van der Waals surface area (Å²) in [6.07, 6.45) is 0.907. The topological polar surface area (TPSA) is 74.7 Å². The Morgan fingerprint density at radius 2 is 2.16 bits per heavy atom. The van der Waals surface area contributed by atoms with E-state index in [-0.39, 0.29) is 11.4 Å². The fourth-order valence-corrected chi connectivity index (χ4v) is 4.39. The van der Waals surface area contributed by atoms with Crippen molar-refractivity contribution >= 4 is 27.6 Å². The average molecular weight is 304 g/mol. The summed E-state index contributed by atoms with van der Waals surface area (Å²) in [7, 11) is -3.79. The maximum absolute atomic E-state index is 12.5. The van der Waals surface area contributed by atoms with Gasteiger partial charge in [-0.05, 0) is 43.5 Å². The van der Waals surface area contributed by atoms with Crippen LogP contribution in [0.3, 0.4) is 0 Å². The monoisotopic (exact) mass is 303 g/mol. The van der Waals surface area contributed by atoms with E-state index in [0.29, 0.717) is 23.4 Å². The number of hydrogen-bond acceptors (Lipinski definition) is 3. The van der Waals surface area contributed by atoms with Gasteiger partial charge < -0.3 is 5.11 Å². The molecule has 1 aliphatic rings. The molecule has 0 saturated carbocycles. The van der Waals surface area contributed by atoms with E-state index in [1.165, 1.54) is 12.1 Å². The second-order valence-corrected chi connectivity index (χ2v) is 6.82. The van der Waals surface area contributed by atoms with Gasteiger partial charge in [-0.2, -0.15) is 4.31 Å². The molecular weight excluding hydrogens is 290 g/mol. The van der Waals surface area contributed by atoms with Crippen LogP contribution in [-0.2, 0) is 14.8 Å². The van der Waals surface area contributed by atoms with E-state index in [1.54, 1.807) is 13.0 Å². The van der Waals surface area contributed by atoms with E-state index in [9.17, 15) is 13.2 Å². The van der Waals surface area contributed by atoms with Crippen LogP contribution in [0.25, 0.3) is 0 Å². The number of hydrogen-bond donors (Lipinski definition) is 1. The fraction of sp³-hybridized carbons (Fsp3) is 0.417. The first kappa shape index (κ1) is 14.3. The maximum Gasteiger partial charge on any atom is 0.322 e. The fourth-order valence-electron chi connectivity index (χ4n) is 2.30. The molecule has 1 saturated heterocycles. The van der Waals surface area contributed by atoms with Gasteiger partial charge in [-0.15, -0.1) is 0 Å². The van der Waals surface area contributed by atoms with Gasteiger partial charge in [-0.3, -0.25) is 4.79 Å². The zero-order valence-electron chi connectivity index (χ0n) is 10.3. The van der Waals surface area contributed by atoms with Crippen molar-refractivity contribution in [1.29, 1.82) is 0 Å². The molecule has 1 aromatic rings. The molecule has 1 heterocycles. The number of carbonyl (C=O) groups is 1. The van der Waals surface area contributed by atoms with Gasteiger partial charge in [-0.25, -0.2) is 8.42 Å². The lowest BCUT2D eigenvalue weighted by Crippen LogP contribution is -2.40. The summed E-state index contributed by atoms with van der Waals surface area (Å²) in [5.74, 6) is -1.10. The maximum atomic E-state index is 12.5. The van der Waals surface area contributed by atoms with Crippen LogP contribution in [0.1, 0.15) is 18.4 Å². The summed E-state index contributed by atoms with van der Waals surface area (Å²) in [4.78, 5) is 11.2. The van der Waals surface area contributed by atoms with Crippen molar-refractivity contribution in [2.75, 3.05) is 6.54 Å². The molecule has 7 heteroatoms. The smallest absolute Gasteiger partial charge is 0.322 e. The Balaban J connectivity index is 2.45. The van der Waals surface area contributed by atoms with Gasteiger partial charge in [0, 0.05) is 11.6 Å². The minimum atomic E-state index is -3.79. The highest BCUT2D eigenvalue weighted by atomic mass is 35.5. The van der Waals surface area contributed by atoms with Crippen LogP contribution < -0.4 is 0 Å². The Morgan fingerprint density at radius 1 is 1.47 bits per heavy atom. The Morgan fingerprint density at radius 3 is 2.74 bits per heavy atom. The molecule has 0 spiro atoms. The number of rotatable bonds is 3. The molecule has 5 nitrogen and oxygen atoms in total.